The van der Waals surface area contributed by atoms with E-state index >= 15 is 0 Å². The molecule has 2 aromatic carbocycles. The summed E-state index contributed by atoms with van der Waals surface area (Å²) in [5, 5.41) is 5.86. The molecule has 0 radical (unpaired) electrons. The van der Waals surface area contributed by atoms with E-state index in [0.717, 1.165) is 38.3 Å². The minimum Gasteiger partial charge on any atom is -0.460 e. The maximum atomic E-state index is 5.76. The first-order chi connectivity index (χ1) is 10.7. The summed E-state index contributed by atoms with van der Waals surface area (Å²) in [5.41, 5.74) is 2.95. The SMILES string of the molecule is Cc1ccc(-c2nn(-c3ccc(Br)cc3)c3ccccc23)o1. The van der Waals surface area contributed by atoms with Crippen molar-refractivity contribution in [3.63, 3.8) is 0 Å². The van der Waals surface area contributed by atoms with Crippen molar-refractivity contribution in [2.45, 2.75) is 6.92 Å². The van der Waals surface area contributed by atoms with Gasteiger partial charge in [0.25, 0.3) is 0 Å². The van der Waals surface area contributed by atoms with Crippen molar-refractivity contribution in [3.8, 4) is 17.1 Å². The third-order valence-electron chi connectivity index (χ3n) is 3.63. The fourth-order valence-corrected chi connectivity index (χ4v) is 2.85. The Labute approximate surface area is 136 Å². The maximum absolute atomic E-state index is 5.76. The number of aryl methyl sites for hydroxylation is 1. The molecule has 4 aromatic rings. The zero-order chi connectivity index (χ0) is 15.1. The molecule has 0 aliphatic rings. The first-order valence-corrected chi connectivity index (χ1v) is 7.82. The van der Waals surface area contributed by atoms with Crippen LogP contribution < -0.4 is 0 Å². The monoisotopic (exact) mass is 352 g/mol. The smallest absolute Gasteiger partial charge is 0.155 e. The van der Waals surface area contributed by atoms with Crippen LogP contribution >= 0.6 is 15.9 Å². The van der Waals surface area contributed by atoms with E-state index in [1.165, 1.54) is 0 Å². The molecule has 2 heterocycles. The largest absolute Gasteiger partial charge is 0.460 e. The molecule has 0 fully saturated rings. The molecule has 2 aromatic heterocycles. The second-order valence-corrected chi connectivity index (χ2v) is 6.08. The molecule has 0 N–H and O–H groups in total. The molecule has 0 spiro atoms. The van der Waals surface area contributed by atoms with Crippen LogP contribution in [0, 0.1) is 6.92 Å². The van der Waals surface area contributed by atoms with Gasteiger partial charge in [-0.25, -0.2) is 4.68 Å². The normalized spacial score (nSPS) is 11.2. The van der Waals surface area contributed by atoms with Gasteiger partial charge in [0.05, 0.1) is 11.2 Å². The molecule has 0 amide bonds. The number of hydrogen-bond acceptors (Lipinski definition) is 2. The number of benzene rings is 2. The molecule has 0 bridgehead atoms. The van der Waals surface area contributed by atoms with Crippen LogP contribution in [0.4, 0.5) is 0 Å². The van der Waals surface area contributed by atoms with Gasteiger partial charge < -0.3 is 4.42 Å². The molecule has 22 heavy (non-hydrogen) atoms. The summed E-state index contributed by atoms with van der Waals surface area (Å²) in [6.45, 7) is 1.94. The Morgan fingerprint density at radius 2 is 1.73 bits per heavy atom. The summed E-state index contributed by atoms with van der Waals surface area (Å²) in [7, 11) is 0. The Kier molecular flexibility index (Phi) is 3.12. The third kappa shape index (κ3) is 2.16. The van der Waals surface area contributed by atoms with E-state index in [9.17, 15) is 0 Å². The van der Waals surface area contributed by atoms with Crippen molar-refractivity contribution >= 4 is 26.8 Å². The highest BCUT2D eigenvalue weighted by atomic mass is 79.9. The van der Waals surface area contributed by atoms with Crippen LogP contribution in [-0.4, -0.2) is 9.78 Å². The van der Waals surface area contributed by atoms with E-state index < -0.39 is 0 Å². The quantitative estimate of drug-likeness (QED) is 0.486. The standard InChI is InChI=1S/C18H13BrN2O/c1-12-6-11-17(22-12)18-15-4-2-3-5-16(15)21(20-18)14-9-7-13(19)8-10-14/h2-11H,1H3. The number of furan rings is 1. The van der Waals surface area contributed by atoms with Gasteiger partial charge in [0.1, 0.15) is 11.5 Å². The summed E-state index contributed by atoms with van der Waals surface area (Å²) >= 11 is 3.47. The first kappa shape index (κ1) is 13.3. The van der Waals surface area contributed by atoms with Crippen LogP contribution in [0.5, 0.6) is 0 Å². The highest BCUT2D eigenvalue weighted by Gasteiger charge is 2.15. The van der Waals surface area contributed by atoms with Gasteiger partial charge in [-0.15, -0.1) is 0 Å². The fraction of sp³-hybridized carbons (Fsp3) is 0.0556. The van der Waals surface area contributed by atoms with Gasteiger partial charge in [0, 0.05) is 9.86 Å². The second-order valence-electron chi connectivity index (χ2n) is 5.16. The minimum atomic E-state index is 0.796. The number of nitrogens with zero attached hydrogens (tertiary/aromatic N) is 2. The molecule has 4 heteroatoms. The Morgan fingerprint density at radius 1 is 0.955 bits per heavy atom. The van der Waals surface area contributed by atoms with Crippen LogP contribution in [0.3, 0.4) is 0 Å². The topological polar surface area (TPSA) is 31.0 Å². The number of rotatable bonds is 2. The second kappa shape index (κ2) is 5.14. The number of aromatic nitrogens is 2. The highest BCUT2D eigenvalue weighted by molar-refractivity contribution is 9.10. The Balaban J connectivity index is 1.98. The Hall–Kier alpha value is -2.33. The van der Waals surface area contributed by atoms with E-state index in [-0.39, 0.29) is 0 Å². The fourth-order valence-electron chi connectivity index (χ4n) is 2.59. The molecule has 108 valence electrons. The summed E-state index contributed by atoms with van der Waals surface area (Å²) in [4.78, 5) is 0. The van der Waals surface area contributed by atoms with Crippen LogP contribution in [-0.2, 0) is 0 Å². The number of halogens is 1. The van der Waals surface area contributed by atoms with Gasteiger partial charge in [-0.3, -0.25) is 0 Å². The summed E-state index contributed by atoms with van der Waals surface area (Å²) in [5.74, 6) is 1.68. The summed E-state index contributed by atoms with van der Waals surface area (Å²) in [6, 6.07) is 20.2. The predicted octanol–water partition coefficient (Wildman–Crippen LogP) is 5.36. The van der Waals surface area contributed by atoms with Gasteiger partial charge in [-0.05, 0) is 49.4 Å². The average Bonchev–Trinajstić information content (AvgIpc) is 3.12. The van der Waals surface area contributed by atoms with Crippen molar-refractivity contribution in [3.05, 3.63) is 70.9 Å². The molecule has 3 nitrogen and oxygen atoms in total. The lowest BCUT2D eigenvalue weighted by molar-refractivity contribution is 0.546. The zero-order valence-electron chi connectivity index (χ0n) is 12.0. The Morgan fingerprint density at radius 3 is 2.45 bits per heavy atom. The van der Waals surface area contributed by atoms with Crippen LogP contribution in [0.1, 0.15) is 5.76 Å². The molecule has 0 saturated carbocycles. The van der Waals surface area contributed by atoms with Crippen LogP contribution in [0.15, 0.2) is 69.6 Å². The Bertz CT molecular complexity index is 951. The molecule has 0 saturated heterocycles. The van der Waals surface area contributed by atoms with Gasteiger partial charge in [-0.2, -0.15) is 5.10 Å². The van der Waals surface area contributed by atoms with E-state index in [0.29, 0.717) is 0 Å². The molecule has 0 unspecified atom stereocenters. The number of hydrogen-bond donors (Lipinski definition) is 0. The molecule has 4 rings (SSSR count). The summed E-state index contributed by atoms with van der Waals surface area (Å²) < 4.78 is 8.77. The molecule has 0 atom stereocenters. The predicted molar refractivity (Wildman–Crippen MR) is 91.2 cm³/mol. The zero-order valence-corrected chi connectivity index (χ0v) is 13.5. The van der Waals surface area contributed by atoms with Crippen LogP contribution in [0.25, 0.3) is 28.0 Å². The maximum Gasteiger partial charge on any atom is 0.155 e. The molecular weight excluding hydrogens is 340 g/mol. The molecule has 0 aliphatic carbocycles. The minimum absolute atomic E-state index is 0.796. The van der Waals surface area contributed by atoms with E-state index in [2.05, 4.69) is 28.1 Å². The molecular formula is C18H13BrN2O. The number of para-hydroxylation sites is 1. The number of fused-ring (bicyclic) bond motifs is 1. The van der Waals surface area contributed by atoms with Crippen molar-refractivity contribution < 1.29 is 4.42 Å². The van der Waals surface area contributed by atoms with E-state index in [1.54, 1.807) is 0 Å². The van der Waals surface area contributed by atoms with Crippen LogP contribution in [0.2, 0.25) is 0 Å². The van der Waals surface area contributed by atoms with Crippen molar-refractivity contribution in [2.75, 3.05) is 0 Å². The van der Waals surface area contributed by atoms with E-state index in [1.807, 2.05) is 60.1 Å². The van der Waals surface area contributed by atoms with Crippen molar-refractivity contribution in [2.24, 2.45) is 0 Å². The molecule has 0 aliphatic heterocycles. The van der Waals surface area contributed by atoms with E-state index in [4.69, 9.17) is 9.52 Å². The summed E-state index contributed by atoms with van der Waals surface area (Å²) in [6.07, 6.45) is 0. The first-order valence-electron chi connectivity index (χ1n) is 7.03. The average molecular weight is 353 g/mol. The lowest BCUT2D eigenvalue weighted by Gasteiger charge is -2.03. The van der Waals surface area contributed by atoms with Crippen molar-refractivity contribution in [1.82, 2.24) is 9.78 Å². The van der Waals surface area contributed by atoms with Gasteiger partial charge >= 0.3 is 0 Å². The van der Waals surface area contributed by atoms with Gasteiger partial charge in [-0.1, -0.05) is 34.1 Å². The lowest BCUT2D eigenvalue weighted by atomic mass is 10.2. The van der Waals surface area contributed by atoms with Gasteiger partial charge in [0.15, 0.2) is 5.76 Å². The van der Waals surface area contributed by atoms with Crippen molar-refractivity contribution in [1.29, 1.82) is 0 Å². The third-order valence-corrected chi connectivity index (χ3v) is 4.16. The van der Waals surface area contributed by atoms with Gasteiger partial charge in [0.2, 0.25) is 0 Å². The highest BCUT2D eigenvalue weighted by Crippen LogP contribution is 2.31. The lowest BCUT2D eigenvalue weighted by Crippen LogP contribution is -1.95.